The SMILES string of the molecule is O=C(NC1CCC(O)CC1)c1scc2c(=O)[nH]c(-c3ccncc3)nc12. The van der Waals surface area contributed by atoms with E-state index in [0.717, 1.165) is 18.4 Å². The smallest absolute Gasteiger partial charge is 0.263 e. The van der Waals surface area contributed by atoms with E-state index in [9.17, 15) is 14.7 Å². The number of aromatic amines is 1. The summed E-state index contributed by atoms with van der Waals surface area (Å²) < 4.78 is 0. The van der Waals surface area contributed by atoms with E-state index in [1.165, 1.54) is 11.3 Å². The summed E-state index contributed by atoms with van der Waals surface area (Å²) >= 11 is 1.22. The van der Waals surface area contributed by atoms with Crippen LogP contribution >= 0.6 is 11.3 Å². The van der Waals surface area contributed by atoms with Crippen molar-refractivity contribution in [2.45, 2.75) is 37.8 Å². The number of pyridine rings is 1. The number of rotatable bonds is 3. The monoisotopic (exact) mass is 370 g/mol. The Bertz CT molecular complexity index is 991. The van der Waals surface area contributed by atoms with Crippen molar-refractivity contribution in [1.82, 2.24) is 20.3 Å². The number of aliphatic hydroxyl groups is 1. The number of nitrogens with one attached hydrogen (secondary N) is 2. The van der Waals surface area contributed by atoms with Gasteiger partial charge in [-0.3, -0.25) is 14.6 Å². The summed E-state index contributed by atoms with van der Waals surface area (Å²) in [6.07, 6.45) is 5.88. The molecule has 1 fully saturated rings. The number of aliphatic hydroxyl groups excluding tert-OH is 1. The van der Waals surface area contributed by atoms with Crippen LogP contribution in [0.25, 0.3) is 22.3 Å². The lowest BCUT2D eigenvalue weighted by Gasteiger charge is -2.25. The molecule has 8 heteroatoms. The number of nitrogens with zero attached hydrogens (tertiary/aromatic N) is 2. The normalized spacial score (nSPS) is 20.2. The van der Waals surface area contributed by atoms with Crippen LogP contribution in [0, 0.1) is 0 Å². The highest BCUT2D eigenvalue weighted by Gasteiger charge is 2.23. The third-order valence-electron chi connectivity index (χ3n) is 4.66. The van der Waals surface area contributed by atoms with Crippen LogP contribution < -0.4 is 10.9 Å². The lowest BCUT2D eigenvalue weighted by molar-refractivity contribution is 0.0872. The molecule has 26 heavy (non-hydrogen) atoms. The molecular weight excluding hydrogens is 352 g/mol. The molecule has 0 spiro atoms. The second kappa shape index (κ2) is 6.97. The Labute approximate surface area is 153 Å². The van der Waals surface area contributed by atoms with Crippen molar-refractivity contribution in [3.63, 3.8) is 0 Å². The number of H-pyrrole nitrogens is 1. The van der Waals surface area contributed by atoms with Crippen molar-refractivity contribution in [2.75, 3.05) is 0 Å². The molecule has 0 aliphatic heterocycles. The van der Waals surface area contributed by atoms with Gasteiger partial charge < -0.3 is 15.4 Å². The lowest BCUT2D eigenvalue weighted by atomic mass is 9.93. The molecular formula is C18H18N4O3S. The van der Waals surface area contributed by atoms with E-state index in [1.807, 2.05) is 0 Å². The molecule has 1 saturated carbocycles. The first-order chi connectivity index (χ1) is 12.6. The molecule has 7 nitrogen and oxygen atoms in total. The summed E-state index contributed by atoms with van der Waals surface area (Å²) in [7, 11) is 0. The highest BCUT2D eigenvalue weighted by molar-refractivity contribution is 7.13. The summed E-state index contributed by atoms with van der Waals surface area (Å²) in [6.45, 7) is 0. The number of amides is 1. The van der Waals surface area contributed by atoms with Crippen LogP contribution in [0.3, 0.4) is 0 Å². The molecule has 1 amide bonds. The Morgan fingerprint density at radius 2 is 1.96 bits per heavy atom. The quantitative estimate of drug-likeness (QED) is 0.654. The van der Waals surface area contributed by atoms with Crippen molar-refractivity contribution < 1.29 is 9.90 Å². The molecule has 3 aromatic heterocycles. The summed E-state index contributed by atoms with van der Waals surface area (Å²) in [6, 6.07) is 3.55. The molecule has 0 radical (unpaired) electrons. The van der Waals surface area contributed by atoms with Gasteiger partial charge in [0.05, 0.1) is 11.5 Å². The fraction of sp³-hybridized carbons (Fsp3) is 0.333. The van der Waals surface area contributed by atoms with Gasteiger partial charge in [-0.2, -0.15) is 0 Å². The second-order valence-electron chi connectivity index (χ2n) is 6.46. The lowest BCUT2D eigenvalue weighted by Crippen LogP contribution is -2.38. The highest BCUT2D eigenvalue weighted by Crippen LogP contribution is 2.25. The zero-order valence-corrected chi connectivity index (χ0v) is 14.8. The first-order valence-electron chi connectivity index (χ1n) is 8.52. The molecule has 0 unspecified atom stereocenters. The van der Waals surface area contributed by atoms with E-state index in [2.05, 4.69) is 20.3 Å². The van der Waals surface area contributed by atoms with E-state index in [-0.39, 0.29) is 23.6 Å². The van der Waals surface area contributed by atoms with Crippen molar-refractivity contribution in [2.24, 2.45) is 0 Å². The summed E-state index contributed by atoms with van der Waals surface area (Å²) in [5, 5.41) is 14.7. The maximum absolute atomic E-state index is 12.7. The van der Waals surface area contributed by atoms with E-state index >= 15 is 0 Å². The van der Waals surface area contributed by atoms with Crippen LogP contribution in [0.4, 0.5) is 0 Å². The predicted molar refractivity (Wildman–Crippen MR) is 99.2 cm³/mol. The molecule has 0 saturated heterocycles. The highest BCUT2D eigenvalue weighted by atomic mass is 32.1. The standard InChI is InChI=1S/C18H18N4O3S/c23-12-3-1-11(2-4-12)20-18(25)15-14-13(9-26-15)17(24)22-16(21-14)10-5-7-19-8-6-10/h5-9,11-12,23H,1-4H2,(H,20,25)(H,21,22,24). The van der Waals surface area contributed by atoms with Gasteiger partial charge in [0.15, 0.2) is 0 Å². The molecule has 1 aliphatic carbocycles. The number of fused-ring (bicyclic) bond motifs is 1. The van der Waals surface area contributed by atoms with Gasteiger partial charge in [0, 0.05) is 29.4 Å². The largest absolute Gasteiger partial charge is 0.393 e. The van der Waals surface area contributed by atoms with E-state index in [4.69, 9.17) is 0 Å². The minimum Gasteiger partial charge on any atom is -0.393 e. The molecule has 134 valence electrons. The van der Waals surface area contributed by atoms with Crippen molar-refractivity contribution in [1.29, 1.82) is 0 Å². The van der Waals surface area contributed by atoms with Gasteiger partial charge >= 0.3 is 0 Å². The predicted octanol–water partition coefficient (Wildman–Crippen LogP) is 2.08. The molecule has 3 N–H and O–H groups in total. The fourth-order valence-corrected chi connectivity index (χ4v) is 4.10. The average Bonchev–Trinajstić information content (AvgIpc) is 3.09. The van der Waals surface area contributed by atoms with Gasteiger partial charge in [-0.15, -0.1) is 11.3 Å². The zero-order chi connectivity index (χ0) is 18.1. The topological polar surface area (TPSA) is 108 Å². The first kappa shape index (κ1) is 16.9. The molecule has 0 atom stereocenters. The maximum Gasteiger partial charge on any atom is 0.263 e. The van der Waals surface area contributed by atoms with E-state index in [1.54, 1.807) is 29.9 Å². The fourth-order valence-electron chi connectivity index (χ4n) is 3.22. The number of carbonyl (C=O) groups is 1. The van der Waals surface area contributed by atoms with Gasteiger partial charge in [-0.25, -0.2) is 4.98 Å². The maximum atomic E-state index is 12.7. The molecule has 3 aromatic rings. The summed E-state index contributed by atoms with van der Waals surface area (Å²) in [4.78, 5) is 36.8. The summed E-state index contributed by atoms with van der Waals surface area (Å²) in [5.41, 5.74) is 0.884. The van der Waals surface area contributed by atoms with Crippen molar-refractivity contribution in [3.05, 3.63) is 45.1 Å². The van der Waals surface area contributed by atoms with Crippen molar-refractivity contribution >= 4 is 28.1 Å². The number of carbonyl (C=O) groups excluding carboxylic acids is 1. The molecule has 4 rings (SSSR count). The molecule has 1 aliphatic rings. The van der Waals surface area contributed by atoms with Gasteiger partial charge in [0.2, 0.25) is 0 Å². The number of hydrogen-bond donors (Lipinski definition) is 3. The summed E-state index contributed by atoms with van der Waals surface area (Å²) in [5.74, 6) is 0.198. The van der Waals surface area contributed by atoms with Crippen LogP contribution in [0.15, 0.2) is 34.7 Å². The van der Waals surface area contributed by atoms with Crippen LogP contribution in [-0.4, -0.2) is 38.1 Å². The number of thiophene rings is 1. The van der Waals surface area contributed by atoms with Crippen LogP contribution in [0.1, 0.15) is 35.4 Å². The Morgan fingerprint density at radius 1 is 1.23 bits per heavy atom. The Hall–Kier alpha value is -2.58. The number of hydrogen-bond acceptors (Lipinski definition) is 6. The van der Waals surface area contributed by atoms with Crippen LogP contribution in [0.2, 0.25) is 0 Å². The van der Waals surface area contributed by atoms with Crippen LogP contribution in [-0.2, 0) is 0 Å². The zero-order valence-electron chi connectivity index (χ0n) is 13.9. The van der Waals surface area contributed by atoms with Gasteiger partial charge in [-0.05, 0) is 37.8 Å². The average molecular weight is 370 g/mol. The minimum absolute atomic E-state index is 0.0460. The van der Waals surface area contributed by atoms with Gasteiger partial charge in [-0.1, -0.05) is 0 Å². The molecule has 3 heterocycles. The second-order valence-corrected chi connectivity index (χ2v) is 7.34. The third-order valence-corrected chi connectivity index (χ3v) is 5.62. The van der Waals surface area contributed by atoms with E-state index < -0.39 is 0 Å². The third kappa shape index (κ3) is 3.25. The minimum atomic E-state index is -0.270. The molecule has 0 aromatic carbocycles. The van der Waals surface area contributed by atoms with Gasteiger partial charge in [0.25, 0.3) is 11.5 Å². The Kier molecular flexibility index (Phi) is 4.52. The molecule has 0 bridgehead atoms. The van der Waals surface area contributed by atoms with Gasteiger partial charge in [0.1, 0.15) is 16.2 Å². The Morgan fingerprint density at radius 3 is 2.69 bits per heavy atom. The number of aromatic nitrogens is 3. The van der Waals surface area contributed by atoms with Crippen molar-refractivity contribution in [3.8, 4) is 11.4 Å². The van der Waals surface area contributed by atoms with Crippen LogP contribution in [0.5, 0.6) is 0 Å². The Balaban J connectivity index is 1.66. The first-order valence-corrected chi connectivity index (χ1v) is 9.40. The van der Waals surface area contributed by atoms with E-state index in [0.29, 0.717) is 34.4 Å².